The Kier molecular flexibility index (Phi) is 5.90. The summed E-state index contributed by atoms with van der Waals surface area (Å²) < 4.78 is 52.9. The van der Waals surface area contributed by atoms with Crippen LogP contribution >= 0.6 is 0 Å². The molecule has 1 aromatic heterocycles. The van der Waals surface area contributed by atoms with E-state index in [9.17, 15) is 32.6 Å². The topological polar surface area (TPSA) is 73.7 Å². The number of hydrogen-bond donors (Lipinski definition) is 2. The minimum atomic E-state index is -4.79. The molecular formula is C20H20F4N2O3. The number of alkyl halides is 3. The number of pyridine rings is 1. The summed E-state index contributed by atoms with van der Waals surface area (Å²) in [5, 5.41) is 20.5. The maximum absolute atomic E-state index is 13.2. The number of nitrogens with zero attached hydrogens (tertiary/aromatic N) is 2. The lowest BCUT2D eigenvalue weighted by Crippen LogP contribution is -2.56. The largest absolute Gasteiger partial charge is 0.434 e. The zero-order chi connectivity index (χ0) is 21.2. The molecule has 0 aliphatic carbocycles. The average molecular weight is 412 g/mol. The van der Waals surface area contributed by atoms with E-state index < -0.39 is 47.3 Å². The van der Waals surface area contributed by atoms with Crippen LogP contribution < -0.4 is 0 Å². The van der Waals surface area contributed by atoms with Gasteiger partial charge in [0.2, 0.25) is 0 Å². The standard InChI is InChI=1S/C20H20F4N2O3/c21-14-5-3-13(4-6-14)10-19(12-27)11-26(9-7-16(19)28)18(29)15-2-1-8-25-17(15)20(22,23)24/h1-6,8,16,27-28H,7,9-12H2/t16-,19-/m0/s1. The summed E-state index contributed by atoms with van der Waals surface area (Å²) in [6, 6.07) is 7.79. The van der Waals surface area contributed by atoms with Crippen LogP contribution in [0.25, 0.3) is 0 Å². The summed E-state index contributed by atoms with van der Waals surface area (Å²) in [5.41, 5.74) is -2.40. The molecular weight excluding hydrogens is 392 g/mol. The molecule has 29 heavy (non-hydrogen) atoms. The molecule has 1 aromatic carbocycles. The lowest BCUT2D eigenvalue weighted by molar-refractivity contribution is -0.141. The minimum Gasteiger partial charge on any atom is -0.396 e. The van der Waals surface area contributed by atoms with Crippen LogP contribution in [0.2, 0.25) is 0 Å². The van der Waals surface area contributed by atoms with Gasteiger partial charge >= 0.3 is 6.18 Å². The number of aromatic nitrogens is 1. The summed E-state index contributed by atoms with van der Waals surface area (Å²) in [6.07, 6.45) is -4.57. The second-order valence-corrected chi connectivity index (χ2v) is 7.25. The number of carbonyl (C=O) groups excluding carboxylic acids is 1. The molecule has 1 aliphatic rings. The van der Waals surface area contributed by atoms with Crippen LogP contribution in [-0.4, -0.2) is 51.8 Å². The minimum absolute atomic E-state index is 0.0390. The lowest BCUT2D eigenvalue weighted by Gasteiger charge is -2.45. The molecule has 1 amide bonds. The fraction of sp³-hybridized carbons (Fsp3) is 0.400. The van der Waals surface area contributed by atoms with Crippen molar-refractivity contribution in [3.05, 3.63) is 65.2 Å². The number of amides is 1. The van der Waals surface area contributed by atoms with Gasteiger partial charge in [-0.15, -0.1) is 0 Å². The van der Waals surface area contributed by atoms with Crippen LogP contribution in [0.4, 0.5) is 17.6 Å². The first kappa shape index (κ1) is 21.2. The van der Waals surface area contributed by atoms with Gasteiger partial charge in [-0.2, -0.15) is 13.2 Å². The van der Waals surface area contributed by atoms with E-state index >= 15 is 0 Å². The molecule has 1 aliphatic heterocycles. The monoisotopic (exact) mass is 412 g/mol. The Bertz CT molecular complexity index is 873. The van der Waals surface area contributed by atoms with Crippen molar-refractivity contribution in [2.24, 2.45) is 5.41 Å². The molecule has 0 bridgehead atoms. The number of hydrogen-bond acceptors (Lipinski definition) is 4. The highest BCUT2D eigenvalue weighted by atomic mass is 19.4. The zero-order valence-electron chi connectivity index (χ0n) is 15.4. The number of piperidine rings is 1. The van der Waals surface area contributed by atoms with Crippen molar-refractivity contribution in [1.82, 2.24) is 9.88 Å². The van der Waals surface area contributed by atoms with E-state index in [1.165, 1.54) is 35.2 Å². The fourth-order valence-corrected chi connectivity index (χ4v) is 3.69. The predicted molar refractivity (Wildman–Crippen MR) is 95.4 cm³/mol. The Morgan fingerprint density at radius 2 is 1.93 bits per heavy atom. The van der Waals surface area contributed by atoms with Crippen molar-refractivity contribution < 1.29 is 32.6 Å². The van der Waals surface area contributed by atoms with Gasteiger partial charge in [-0.1, -0.05) is 12.1 Å². The third kappa shape index (κ3) is 4.40. The number of carbonyl (C=O) groups is 1. The zero-order valence-corrected chi connectivity index (χ0v) is 15.4. The van der Waals surface area contributed by atoms with Gasteiger partial charge in [0.1, 0.15) is 5.82 Å². The van der Waals surface area contributed by atoms with Crippen molar-refractivity contribution in [2.75, 3.05) is 19.7 Å². The van der Waals surface area contributed by atoms with Gasteiger partial charge in [0.15, 0.2) is 5.69 Å². The average Bonchev–Trinajstić information content (AvgIpc) is 2.70. The number of aliphatic hydroxyl groups is 2. The molecule has 0 saturated carbocycles. The third-order valence-electron chi connectivity index (χ3n) is 5.26. The molecule has 9 heteroatoms. The lowest BCUT2D eigenvalue weighted by atomic mass is 9.73. The van der Waals surface area contributed by atoms with Crippen molar-refractivity contribution in [1.29, 1.82) is 0 Å². The van der Waals surface area contributed by atoms with Gasteiger partial charge in [0.05, 0.1) is 18.3 Å². The number of benzene rings is 1. The number of likely N-dealkylation sites (tertiary alicyclic amines) is 1. The smallest absolute Gasteiger partial charge is 0.396 e. The maximum Gasteiger partial charge on any atom is 0.434 e. The van der Waals surface area contributed by atoms with Crippen molar-refractivity contribution in [3.63, 3.8) is 0 Å². The first-order chi connectivity index (χ1) is 13.7. The molecule has 0 radical (unpaired) electrons. The number of halogens is 4. The van der Waals surface area contributed by atoms with E-state index in [1.807, 2.05) is 0 Å². The molecule has 2 atom stereocenters. The van der Waals surface area contributed by atoms with Gasteiger partial charge in [0, 0.05) is 24.7 Å². The highest BCUT2D eigenvalue weighted by Gasteiger charge is 2.45. The van der Waals surface area contributed by atoms with Crippen LogP contribution in [0.3, 0.4) is 0 Å². The Morgan fingerprint density at radius 3 is 2.55 bits per heavy atom. The molecule has 5 nitrogen and oxygen atoms in total. The molecule has 156 valence electrons. The maximum atomic E-state index is 13.2. The summed E-state index contributed by atoms with van der Waals surface area (Å²) >= 11 is 0. The molecule has 0 spiro atoms. The Morgan fingerprint density at radius 1 is 1.24 bits per heavy atom. The van der Waals surface area contributed by atoms with E-state index in [2.05, 4.69) is 4.98 Å². The van der Waals surface area contributed by atoms with Gasteiger partial charge in [0.25, 0.3) is 5.91 Å². The Labute approximate surface area is 164 Å². The summed E-state index contributed by atoms with van der Waals surface area (Å²) in [5.74, 6) is -1.31. The fourth-order valence-electron chi connectivity index (χ4n) is 3.69. The molecule has 2 N–H and O–H groups in total. The van der Waals surface area contributed by atoms with Gasteiger partial charge < -0.3 is 15.1 Å². The predicted octanol–water partition coefficient (Wildman–Crippen LogP) is 2.67. The van der Waals surface area contributed by atoms with Crippen LogP contribution in [0.1, 0.15) is 28.0 Å². The second-order valence-electron chi connectivity index (χ2n) is 7.25. The van der Waals surface area contributed by atoms with Gasteiger partial charge in [-0.3, -0.25) is 9.78 Å². The van der Waals surface area contributed by atoms with Crippen molar-refractivity contribution in [3.8, 4) is 0 Å². The molecule has 3 rings (SSSR count). The van der Waals surface area contributed by atoms with Crippen molar-refractivity contribution in [2.45, 2.75) is 25.1 Å². The quantitative estimate of drug-likeness (QED) is 0.758. The molecule has 0 unspecified atom stereocenters. The summed E-state index contributed by atoms with van der Waals surface area (Å²) in [6.45, 7) is -0.598. The highest BCUT2D eigenvalue weighted by molar-refractivity contribution is 5.95. The molecule has 1 saturated heterocycles. The molecule has 2 aromatic rings. The highest BCUT2D eigenvalue weighted by Crippen LogP contribution is 2.36. The van der Waals surface area contributed by atoms with E-state index in [4.69, 9.17) is 0 Å². The first-order valence-electron chi connectivity index (χ1n) is 9.01. The van der Waals surface area contributed by atoms with Crippen LogP contribution in [-0.2, 0) is 12.6 Å². The normalized spacial score (nSPS) is 22.6. The SMILES string of the molecule is O=C(c1cccnc1C(F)(F)F)N1CC[C@H](O)[C@@](CO)(Cc2ccc(F)cc2)C1. The van der Waals surface area contributed by atoms with E-state index in [0.717, 1.165) is 12.3 Å². The second kappa shape index (κ2) is 8.08. The summed E-state index contributed by atoms with van der Waals surface area (Å²) in [4.78, 5) is 17.3. The third-order valence-corrected chi connectivity index (χ3v) is 5.26. The van der Waals surface area contributed by atoms with Crippen LogP contribution in [0, 0.1) is 11.2 Å². The first-order valence-corrected chi connectivity index (χ1v) is 9.01. The number of aliphatic hydroxyl groups excluding tert-OH is 2. The summed E-state index contributed by atoms with van der Waals surface area (Å²) in [7, 11) is 0. The van der Waals surface area contributed by atoms with Gasteiger partial charge in [-0.05, 0) is 42.7 Å². The number of rotatable bonds is 4. The van der Waals surface area contributed by atoms with Crippen LogP contribution in [0.15, 0.2) is 42.6 Å². The van der Waals surface area contributed by atoms with Crippen LogP contribution in [0.5, 0.6) is 0 Å². The Balaban J connectivity index is 1.89. The van der Waals surface area contributed by atoms with E-state index in [-0.39, 0.29) is 25.9 Å². The van der Waals surface area contributed by atoms with E-state index in [1.54, 1.807) is 0 Å². The van der Waals surface area contributed by atoms with Crippen molar-refractivity contribution >= 4 is 5.91 Å². The van der Waals surface area contributed by atoms with E-state index in [0.29, 0.717) is 5.56 Å². The van der Waals surface area contributed by atoms with Gasteiger partial charge in [-0.25, -0.2) is 4.39 Å². The Hall–Kier alpha value is -2.52. The molecule has 1 fully saturated rings. The molecule has 2 heterocycles.